The van der Waals surface area contributed by atoms with Crippen molar-refractivity contribution in [2.45, 2.75) is 13.5 Å². The number of carbonyl (C=O) groups is 1. The second-order valence-electron chi connectivity index (χ2n) is 3.88. The Bertz CT molecular complexity index is 649. The highest BCUT2D eigenvalue weighted by Gasteiger charge is 2.08. The molecule has 1 amide bonds. The van der Waals surface area contributed by atoms with E-state index in [4.69, 9.17) is 0 Å². The van der Waals surface area contributed by atoms with Crippen molar-refractivity contribution in [3.05, 3.63) is 40.4 Å². The average molecular weight is 247 g/mol. The SMILES string of the molecule is CONC(=O)Cn1cnc2c(C)cccc2c1=O. The maximum absolute atomic E-state index is 12.1. The lowest BCUT2D eigenvalue weighted by molar-refractivity contribution is -0.131. The van der Waals surface area contributed by atoms with E-state index in [9.17, 15) is 9.59 Å². The van der Waals surface area contributed by atoms with Crippen molar-refractivity contribution >= 4 is 16.8 Å². The van der Waals surface area contributed by atoms with Gasteiger partial charge in [0.2, 0.25) is 0 Å². The number of nitrogens with zero attached hydrogens (tertiary/aromatic N) is 2. The number of carbonyl (C=O) groups excluding carboxylic acids is 1. The summed E-state index contributed by atoms with van der Waals surface area (Å²) in [5.74, 6) is -0.409. The van der Waals surface area contributed by atoms with Crippen LogP contribution in [0.1, 0.15) is 5.56 Å². The Hall–Kier alpha value is -2.21. The highest BCUT2D eigenvalue weighted by atomic mass is 16.6. The molecule has 0 saturated carbocycles. The van der Waals surface area contributed by atoms with Crippen LogP contribution in [0.15, 0.2) is 29.3 Å². The van der Waals surface area contributed by atoms with Crippen molar-refractivity contribution in [3.63, 3.8) is 0 Å². The third-order valence-electron chi connectivity index (χ3n) is 2.59. The zero-order valence-corrected chi connectivity index (χ0v) is 10.1. The minimum atomic E-state index is -0.409. The first kappa shape index (κ1) is 12.3. The van der Waals surface area contributed by atoms with Gasteiger partial charge >= 0.3 is 0 Å². The van der Waals surface area contributed by atoms with Gasteiger partial charge in [-0.3, -0.25) is 19.0 Å². The van der Waals surface area contributed by atoms with Gasteiger partial charge in [-0.25, -0.2) is 10.5 Å². The van der Waals surface area contributed by atoms with Crippen LogP contribution in [0.2, 0.25) is 0 Å². The molecule has 0 fully saturated rings. The molecular formula is C12H13N3O3. The number of rotatable bonds is 3. The molecule has 1 aromatic heterocycles. The minimum Gasteiger partial charge on any atom is -0.289 e. The van der Waals surface area contributed by atoms with E-state index in [1.54, 1.807) is 12.1 Å². The predicted octanol–water partition coefficient (Wildman–Crippen LogP) is 0.383. The van der Waals surface area contributed by atoms with Crippen LogP contribution >= 0.6 is 0 Å². The standard InChI is InChI=1S/C12H13N3O3/c1-8-4-3-5-9-11(8)13-7-15(12(9)17)6-10(16)14-18-2/h3-5,7H,6H2,1-2H3,(H,14,16). The van der Waals surface area contributed by atoms with Gasteiger partial charge in [0, 0.05) is 0 Å². The summed E-state index contributed by atoms with van der Waals surface area (Å²) < 4.78 is 1.25. The lowest BCUT2D eigenvalue weighted by Gasteiger charge is -2.07. The van der Waals surface area contributed by atoms with E-state index in [2.05, 4.69) is 15.3 Å². The molecule has 1 N–H and O–H groups in total. The van der Waals surface area contributed by atoms with Crippen LogP contribution in [-0.2, 0) is 16.2 Å². The number of aromatic nitrogens is 2. The predicted molar refractivity (Wildman–Crippen MR) is 65.9 cm³/mol. The number of fused-ring (bicyclic) bond motifs is 1. The third-order valence-corrected chi connectivity index (χ3v) is 2.59. The van der Waals surface area contributed by atoms with E-state index >= 15 is 0 Å². The van der Waals surface area contributed by atoms with Crippen molar-refractivity contribution in [2.75, 3.05) is 7.11 Å². The van der Waals surface area contributed by atoms with Gasteiger partial charge < -0.3 is 0 Å². The molecule has 1 aromatic carbocycles. The number of aryl methyl sites for hydroxylation is 1. The summed E-state index contributed by atoms with van der Waals surface area (Å²) in [5, 5.41) is 0.503. The molecule has 6 heteroatoms. The van der Waals surface area contributed by atoms with Gasteiger partial charge in [0.25, 0.3) is 11.5 Å². The number of amides is 1. The largest absolute Gasteiger partial charge is 0.289 e. The topological polar surface area (TPSA) is 73.2 Å². The molecule has 18 heavy (non-hydrogen) atoms. The van der Waals surface area contributed by atoms with Crippen LogP contribution in [0, 0.1) is 6.92 Å². The minimum absolute atomic E-state index is 0.121. The maximum Gasteiger partial charge on any atom is 0.263 e. The smallest absolute Gasteiger partial charge is 0.263 e. The zero-order valence-electron chi connectivity index (χ0n) is 10.1. The number of benzene rings is 1. The molecular weight excluding hydrogens is 234 g/mol. The Balaban J connectivity index is 2.46. The van der Waals surface area contributed by atoms with Crippen molar-refractivity contribution in [1.29, 1.82) is 0 Å². The van der Waals surface area contributed by atoms with E-state index < -0.39 is 5.91 Å². The van der Waals surface area contributed by atoms with Gasteiger partial charge in [-0.05, 0) is 18.6 Å². The van der Waals surface area contributed by atoms with Crippen LogP contribution in [-0.4, -0.2) is 22.6 Å². The van der Waals surface area contributed by atoms with Crippen LogP contribution in [0.4, 0.5) is 0 Å². The third kappa shape index (κ3) is 2.23. The molecule has 0 aliphatic rings. The lowest BCUT2D eigenvalue weighted by atomic mass is 10.1. The number of hydrogen-bond donors (Lipinski definition) is 1. The van der Waals surface area contributed by atoms with E-state index in [1.165, 1.54) is 18.0 Å². The fourth-order valence-corrected chi connectivity index (χ4v) is 1.75. The molecule has 0 unspecified atom stereocenters. The van der Waals surface area contributed by atoms with E-state index in [0.29, 0.717) is 10.9 Å². The lowest BCUT2D eigenvalue weighted by Crippen LogP contribution is -2.31. The number of hydroxylamine groups is 1. The van der Waals surface area contributed by atoms with Crippen molar-refractivity contribution < 1.29 is 9.63 Å². The van der Waals surface area contributed by atoms with Crippen molar-refractivity contribution in [2.24, 2.45) is 0 Å². The molecule has 6 nitrogen and oxygen atoms in total. The highest BCUT2D eigenvalue weighted by Crippen LogP contribution is 2.10. The Morgan fingerprint density at radius 3 is 3.00 bits per heavy atom. The molecule has 1 heterocycles. The van der Waals surface area contributed by atoms with E-state index in [-0.39, 0.29) is 12.1 Å². The molecule has 0 spiro atoms. The number of hydrogen-bond acceptors (Lipinski definition) is 4. The maximum atomic E-state index is 12.1. The van der Waals surface area contributed by atoms with Gasteiger partial charge in [0.05, 0.1) is 24.3 Å². The molecule has 0 saturated heterocycles. The van der Waals surface area contributed by atoms with E-state index in [1.807, 2.05) is 13.0 Å². The Morgan fingerprint density at radius 1 is 1.50 bits per heavy atom. The van der Waals surface area contributed by atoms with Crippen LogP contribution < -0.4 is 11.0 Å². The second kappa shape index (κ2) is 4.97. The molecule has 0 bridgehead atoms. The fraction of sp³-hybridized carbons (Fsp3) is 0.250. The van der Waals surface area contributed by atoms with Crippen LogP contribution in [0.3, 0.4) is 0 Å². The molecule has 94 valence electrons. The summed E-state index contributed by atoms with van der Waals surface area (Å²) in [6.45, 7) is 1.76. The average Bonchev–Trinajstić information content (AvgIpc) is 2.34. The molecule has 0 aliphatic heterocycles. The van der Waals surface area contributed by atoms with E-state index in [0.717, 1.165) is 5.56 Å². The fourth-order valence-electron chi connectivity index (χ4n) is 1.75. The van der Waals surface area contributed by atoms with Gasteiger partial charge in [0.1, 0.15) is 6.54 Å². The van der Waals surface area contributed by atoms with Crippen LogP contribution in [0.5, 0.6) is 0 Å². The summed E-state index contributed by atoms with van der Waals surface area (Å²) in [6.07, 6.45) is 1.37. The first-order valence-corrected chi connectivity index (χ1v) is 5.40. The highest BCUT2D eigenvalue weighted by molar-refractivity contribution is 5.81. The summed E-state index contributed by atoms with van der Waals surface area (Å²) in [6, 6.07) is 5.37. The van der Waals surface area contributed by atoms with Gasteiger partial charge in [-0.2, -0.15) is 0 Å². The monoisotopic (exact) mass is 247 g/mol. The zero-order chi connectivity index (χ0) is 13.1. The van der Waals surface area contributed by atoms with Crippen molar-refractivity contribution in [1.82, 2.24) is 15.0 Å². The first-order valence-electron chi connectivity index (χ1n) is 5.40. The summed E-state index contributed by atoms with van der Waals surface area (Å²) >= 11 is 0. The molecule has 0 radical (unpaired) electrons. The van der Waals surface area contributed by atoms with Gasteiger partial charge in [0.15, 0.2) is 0 Å². The molecule has 2 aromatic rings. The molecule has 0 atom stereocenters. The quantitative estimate of drug-likeness (QED) is 0.796. The van der Waals surface area contributed by atoms with Crippen LogP contribution in [0.25, 0.3) is 10.9 Å². The Labute approximate surface area is 103 Å². The summed E-state index contributed by atoms with van der Waals surface area (Å²) in [5.41, 5.74) is 3.50. The van der Waals surface area contributed by atoms with Gasteiger partial charge in [-0.15, -0.1) is 0 Å². The number of nitrogens with one attached hydrogen (secondary N) is 1. The van der Waals surface area contributed by atoms with Crippen molar-refractivity contribution in [3.8, 4) is 0 Å². The summed E-state index contributed by atoms with van der Waals surface area (Å²) in [7, 11) is 1.34. The molecule has 2 rings (SSSR count). The first-order chi connectivity index (χ1) is 8.63. The molecule has 0 aliphatic carbocycles. The Kier molecular flexibility index (Phi) is 3.38. The second-order valence-corrected chi connectivity index (χ2v) is 3.88. The van der Waals surface area contributed by atoms with Gasteiger partial charge in [-0.1, -0.05) is 12.1 Å². The summed E-state index contributed by atoms with van der Waals surface area (Å²) in [4.78, 5) is 32.2. The number of para-hydroxylation sites is 1. The normalized spacial score (nSPS) is 10.6. The Morgan fingerprint density at radius 2 is 2.28 bits per heavy atom.